The Kier molecular flexibility index (Phi) is 5.79. The Morgan fingerprint density at radius 2 is 1.92 bits per heavy atom. The number of nitrogens with zero attached hydrogens (tertiary/aromatic N) is 1. The minimum atomic E-state index is -0.439. The summed E-state index contributed by atoms with van der Waals surface area (Å²) in [6.07, 6.45) is 0.772. The predicted octanol–water partition coefficient (Wildman–Crippen LogP) is 4.16. The Balaban J connectivity index is 1.57. The molecule has 3 rings (SSSR count). The highest BCUT2D eigenvalue weighted by Crippen LogP contribution is 2.27. The molecule has 136 valence electrons. The molecule has 0 spiro atoms. The number of rotatable bonds is 5. The second-order valence-electron chi connectivity index (χ2n) is 6.23. The Labute approximate surface area is 160 Å². The van der Waals surface area contributed by atoms with E-state index in [0.29, 0.717) is 35.2 Å². The standard InChI is InChI=1S/C19H17Cl2FN2O2/c20-14-3-6-16(21)17(10-14)23-19(26)13-9-18(25)24(11-13)8-7-12-1-4-15(22)5-2-12/h1-6,10,13H,7-9,11H2,(H,23,26)/t13-/m0/s1. The van der Waals surface area contributed by atoms with Crippen LogP contribution >= 0.6 is 23.2 Å². The SMILES string of the molecule is O=C(Nc1cc(Cl)ccc1Cl)[C@H]1CC(=O)N(CCc2ccc(F)cc2)C1. The number of benzene rings is 2. The summed E-state index contributed by atoms with van der Waals surface area (Å²) in [5, 5.41) is 3.59. The molecule has 1 atom stereocenters. The van der Waals surface area contributed by atoms with Gasteiger partial charge in [-0.25, -0.2) is 4.39 Å². The quantitative estimate of drug-likeness (QED) is 0.827. The van der Waals surface area contributed by atoms with E-state index in [9.17, 15) is 14.0 Å². The molecule has 7 heteroatoms. The first kappa shape index (κ1) is 18.7. The largest absolute Gasteiger partial charge is 0.342 e. The van der Waals surface area contributed by atoms with Crippen LogP contribution in [0, 0.1) is 11.7 Å². The van der Waals surface area contributed by atoms with E-state index in [1.165, 1.54) is 12.1 Å². The zero-order chi connectivity index (χ0) is 18.7. The second kappa shape index (κ2) is 8.06. The Hall–Kier alpha value is -2.11. The van der Waals surface area contributed by atoms with Crippen molar-refractivity contribution < 1.29 is 14.0 Å². The van der Waals surface area contributed by atoms with Crippen LogP contribution < -0.4 is 5.32 Å². The highest BCUT2D eigenvalue weighted by Gasteiger charge is 2.34. The fourth-order valence-corrected chi connectivity index (χ4v) is 3.24. The summed E-state index contributed by atoms with van der Waals surface area (Å²) < 4.78 is 12.9. The molecular weight excluding hydrogens is 378 g/mol. The van der Waals surface area contributed by atoms with Gasteiger partial charge in [0.2, 0.25) is 11.8 Å². The van der Waals surface area contributed by atoms with E-state index < -0.39 is 5.92 Å². The van der Waals surface area contributed by atoms with Crippen molar-refractivity contribution in [3.8, 4) is 0 Å². The molecule has 1 N–H and O–H groups in total. The summed E-state index contributed by atoms with van der Waals surface area (Å²) in [7, 11) is 0. The molecule has 1 aliphatic rings. The monoisotopic (exact) mass is 394 g/mol. The number of halogens is 3. The highest BCUT2D eigenvalue weighted by atomic mass is 35.5. The molecular formula is C19H17Cl2FN2O2. The van der Waals surface area contributed by atoms with Gasteiger partial charge in [0.05, 0.1) is 16.6 Å². The maximum absolute atomic E-state index is 12.9. The minimum Gasteiger partial charge on any atom is -0.342 e. The van der Waals surface area contributed by atoms with E-state index in [1.54, 1.807) is 35.2 Å². The summed E-state index contributed by atoms with van der Waals surface area (Å²) in [4.78, 5) is 26.3. The van der Waals surface area contributed by atoms with E-state index in [0.717, 1.165) is 5.56 Å². The molecule has 26 heavy (non-hydrogen) atoms. The van der Waals surface area contributed by atoms with Crippen LogP contribution in [0.1, 0.15) is 12.0 Å². The topological polar surface area (TPSA) is 49.4 Å². The lowest BCUT2D eigenvalue weighted by atomic mass is 10.1. The third-order valence-corrected chi connectivity index (χ3v) is 4.92. The van der Waals surface area contributed by atoms with E-state index in [4.69, 9.17) is 23.2 Å². The van der Waals surface area contributed by atoms with Gasteiger partial charge in [0.1, 0.15) is 5.82 Å². The van der Waals surface area contributed by atoms with E-state index in [2.05, 4.69) is 5.32 Å². The minimum absolute atomic E-state index is 0.0653. The van der Waals surface area contributed by atoms with Gasteiger partial charge < -0.3 is 10.2 Å². The molecule has 2 aromatic carbocycles. The van der Waals surface area contributed by atoms with Gasteiger partial charge in [-0.05, 0) is 42.3 Å². The number of carbonyl (C=O) groups is 2. The maximum Gasteiger partial charge on any atom is 0.229 e. The molecule has 1 saturated heterocycles. The number of hydrogen-bond acceptors (Lipinski definition) is 2. The van der Waals surface area contributed by atoms with Crippen LogP contribution in [0.5, 0.6) is 0 Å². The van der Waals surface area contributed by atoms with Gasteiger partial charge in [-0.2, -0.15) is 0 Å². The zero-order valence-electron chi connectivity index (χ0n) is 13.8. The van der Waals surface area contributed by atoms with Crippen LogP contribution in [0.2, 0.25) is 10.0 Å². The van der Waals surface area contributed by atoms with Crippen LogP contribution in [0.25, 0.3) is 0 Å². The van der Waals surface area contributed by atoms with Gasteiger partial charge in [-0.1, -0.05) is 35.3 Å². The summed E-state index contributed by atoms with van der Waals surface area (Å²) in [5.41, 5.74) is 1.37. The van der Waals surface area contributed by atoms with Crippen LogP contribution in [-0.4, -0.2) is 29.8 Å². The molecule has 0 aliphatic carbocycles. The zero-order valence-corrected chi connectivity index (χ0v) is 15.4. The van der Waals surface area contributed by atoms with Crippen molar-refractivity contribution in [2.24, 2.45) is 5.92 Å². The predicted molar refractivity (Wildman–Crippen MR) is 99.9 cm³/mol. The van der Waals surface area contributed by atoms with Gasteiger partial charge >= 0.3 is 0 Å². The molecule has 2 amide bonds. The third-order valence-electron chi connectivity index (χ3n) is 4.36. The molecule has 1 fully saturated rings. The smallest absolute Gasteiger partial charge is 0.229 e. The van der Waals surface area contributed by atoms with Gasteiger partial charge in [0.25, 0.3) is 0 Å². The first-order valence-corrected chi connectivity index (χ1v) is 8.96. The second-order valence-corrected chi connectivity index (χ2v) is 7.07. The van der Waals surface area contributed by atoms with Gasteiger partial charge in [-0.3, -0.25) is 9.59 Å². The molecule has 2 aromatic rings. The lowest BCUT2D eigenvalue weighted by Crippen LogP contribution is -2.30. The first-order valence-electron chi connectivity index (χ1n) is 8.20. The summed E-state index contributed by atoms with van der Waals surface area (Å²) in [5.74, 6) is -1.05. The summed E-state index contributed by atoms with van der Waals surface area (Å²) >= 11 is 12.0. The fraction of sp³-hybridized carbons (Fsp3) is 0.263. The first-order chi connectivity index (χ1) is 12.4. The van der Waals surface area contributed by atoms with Crippen LogP contribution in [-0.2, 0) is 16.0 Å². The Morgan fingerprint density at radius 1 is 1.19 bits per heavy atom. The van der Waals surface area contributed by atoms with Crippen molar-refractivity contribution in [3.05, 3.63) is 63.9 Å². The molecule has 0 saturated carbocycles. The number of amides is 2. The number of hydrogen-bond donors (Lipinski definition) is 1. The normalized spacial score (nSPS) is 16.8. The highest BCUT2D eigenvalue weighted by molar-refractivity contribution is 6.35. The molecule has 4 nitrogen and oxygen atoms in total. The average molecular weight is 395 g/mol. The van der Waals surface area contributed by atoms with E-state index in [-0.39, 0.29) is 24.1 Å². The van der Waals surface area contributed by atoms with Crippen LogP contribution in [0.15, 0.2) is 42.5 Å². The van der Waals surface area contributed by atoms with Crippen molar-refractivity contribution in [1.29, 1.82) is 0 Å². The van der Waals surface area contributed by atoms with Crippen molar-refractivity contribution in [3.63, 3.8) is 0 Å². The summed E-state index contributed by atoms with van der Waals surface area (Å²) in [6.45, 7) is 0.843. The number of anilines is 1. The molecule has 0 aromatic heterocycles. The molecule has 1 heterocycles. The summed E-state index contributed by atoms with van der Waals surface area (Å²) in [6, 6.07) is 11.0. The number of nitrogens with one attached hydrogen (secondary N) is 1. The average Bonchev–Trinajstić information content (AvgIpc) is 2.99. The lowest BCUT2D eigenvalue weighted by Gasteiger charge is -2.17. The molecule has 0 bridgehead atoms. The van der Waals surface area contributed by atoms with Crippen molar-refractivity contribution in [1.82, 2.24) is 4.90 Å². The molecule has 1 aliphatic heterocycles. The van der Waals surface area contributed by atoms with Gasteiger partial charge in [0, 0.05) is 24.5 Å². The van der Waals surface area contributed by atoms with Gasteiger partial charge in [-0.15, -0.1) is 0 Å². The fourth-order valence-electron chi connectivity index (χ4n) is 2.91. The Bertz CT molecular complexity index is 827. The number of likely N-dealkylation sites (tertiary alicyclic amines) is 1. The van der Waals surface area contributed by atoms with Crippen molar-refractivity contribution >= 4 is 40.7 Å². The van der Waals surface area contributed by atoms with Crippen molar-refractivity contribution in [2.75, 3.05) is 18.4 Å². The maximum atomic E-state index is 12.9. The van der Waals surface area contributed by atoms with Gasteiger partial charge in [0.15, 0.2) is 0 Å². The molecule has 0 unspecified atom stereocenters. The van der Waals surface area contributed by atoms with E-state index in [1.807, 2.05) is 0 Å². The third kappa shape index (κ3) is 4.54. The van der Waals surface area contributed by atoms with Crippen molar-refractivity contribution in [2.45, 2.75) is 12.8 Å². The molecule has 0 radical (unpaired) electrons. The number of carbonyl (C=O) groups excluding carboxylic acids is 2. The van der Waals surface area contributed by atoms with E-state index >= 15 is 0 Å². The lowest BCUT2D eigenvalue weighted by molar-refractivity contribution is -0.128. The Morgan fingerprint density at radius 3 is 2.65 bits per heavy atom. The van der Waals surface area contributed by atoms with Crippen LogP contribution in [0.4, 0.5) is 10.1 Å². The van der Waals surface area contributed by atoms with Crippen LogP contribution in [0.3, 0.4) is 0 Å².